The lowest BCUT2D eigenvalue weighted by Gasteiger charge is -2.13. The van der Waals surface area contributed by atoms with Crippen LogP contribution in [-0.4, -0.2) is 10.8 Å². The highest BCUT2D eigenvalue weighted by atomic mass is 79.9. The predicted octanol–water partition coefficient (Wildman–Crippen LogP) is 4.10. The van der Waals surface area contributed by atoms with Crippen LogP contribution < -0.4 is 5.32 Å². The van der Waals surface area contributed by atoms with Gasteiger partial charge in [0.05, 0.1) is 16.5 Å². The zero-order valence-electron chi connectivity index (χ0n) is 11.2. The monoisotopic (exact) mass is 348 g/mol. The summed E-state index contributed by atoms with van der Waals surface area (Å²) in [6.07, 6.45) is 0. The van der Waals surface area contributed by atoms with Gasteiger partial charge in [0.25, 0.3) is 5.69 Å². The number of rotatable bonds is 4. The van der Waals surface area contributed by atoms with E-state index >= 15 is 0 Å². The molecule has 1 unspecified atom stereocenters. The van der Waals surface area contributed by atoms with Gasteiger partial charge in [0.2, 0.25) is 5.91 Å². The second kappa shape index (κ2) is 6.49. The van der Waals surface area contributed by atoms with Crippen LogP contribution in [0.5, 0.6) is 0 Å². The Morgan fingerprint density at radius 1 is 1.24 bits per heavy atom. The molecular weight excluding hydrogens is 336 g/mol. The minimum atomic E-state index is -0.489. The van der Waals surface area contributed by atoms with Gasteiger partial charge in [-0.3, -0.25) is 14.9 Å². The highest BCUT2D eigenvalue weighted by Gasteiger charge is 2.18. The third-order valence-electron chi connectivity index (χ3n) is 3.11. The van der Waals surface area contributed by atoms with E-state index in [-0.39, 0.29) is 11.6 Å². The first kappa shape index (κ1) is 15.2. The van der Waals surface area contributed by atoms with E-state index in [1.807, 2.05) is 18.2 Å². The van der Waals surface area contributed by atoms with E-state index in [9.17, 15) is 14.9 Å². The van der Waals surface area contributed by atoms with Crippen molar-refractivity contribution in [1.82, 2.24) is 0 Å². The Morgan fingerprint density at radius 2 is 1.95 bits per heavy atom. The average Bonchev–Trinajstić information content (AvgIpc) is 2.49. The molecule has 5 nitrogen and oxygen atoms in total. The van der Waals surface area contributed by atoms with Gasteiger partial charge in [-0.05, 0) is 40.5 Å². The fraction of sp³-hybridized carbons (Fsp3) is 0.133. The Hall–Kier alpha value is -2.21. The largest absolute Gasteiger partial charge is 0.325 e. The van der Waals surface area contributed by atoms with Gasteiger partial charge in [-0.25, -0.2) is 0 Å². The summed E-state index contributed by atoms with van der Waals surface area (Å²) in [7, 11) is 0. The SMILES string of the molecule is CC(C(=O)Nc1ccccc1Br)c1cccc([N+](=O)[O-])c1. The summed E-state index contributed by atoms with van der Waals surface area (Å²) in [4.78, 5) is 22.6. The molecule has 21 heavy (non-hydrogen) atoms. The molecule has 0 spiro atoms. The average molecular weight is 349 g/mol. The minimum Gasteiger partial charge on any atom is -0.325 e. The standard InChI is InChI=1S/C15H13BrN2O3/c1-10(11-5-4-6-12(9-11)18(20)21)15(19)17-14-8-3-2-7-13(14)16/h2-10H,1H3,(H,17,19). The predicted molar refractivity (Wildman–Crippen MR) is 84.3 cm³/mol. The first-order valence-electron chi connectivity index (χ1n) is 6.29. The second-order valence-electron chi connectivity index (χ2n) is 4.54. The summed E-state index contributed by atoms with van der Waals surface area (Å²) in [5.41, 5.74) is 1.25. The van der Waals surface area contributed by atoms with Crippen molar-refractivity contribution in [2.24, 2.45) is 0 Å². The number of carbonyl (C=O) groups is 1. The fourth-order valence-corrected chi connectivity index (χ4v) is 2.25. The molecule has 0 aliphatic rings. The van der Waals surface area contributed by atoms with Gasteiger partial charge in [0.1, 0.15) is 0 Å². The summed E-state index contributed by atoms with van der Waals surface area (Å²) in [6, 6.07) is 13.4. The zero-order valence-corrected chi connectivity index (χ0v) is 12.8. The van der Waals surface area contributed by atoms with Crippen molar-refractivity contribution in [3.05, 3.63) is 68.7 Å². The lowest BCUT2D eigenvalue weighted by Crippen LogP contribution is -2.19. The van der Waals surface area contributed by atoms with E-state index in [1.54, 1.807) is 25.1 Å². The van der Waals surface area contributed by atoms with Crippen LogP contribution in [0, 0.1) is 10.1 Å². The van der Waals surface area contributed by atoms with E-state index in [0.29, 0.717) is 11.3 Å². The Kier molecular flexibility index (Phi) is 4.70. The summed E-state index contributed by atoms with van der Waals surface area (Å²) in [6.45, 7) is 1.71. The molecule has 0 fully saturated rings. The molecule has 108 valence electrons. The summed E-state index contributed by atoms with van der Waals surface area (Å²) in [5, 5.41) is 13.6. The number of halogens is 1. The molecule has 0 bridgehead atoms. The Labute approximate surface area is 130 Å². The maximum Gasteiger partial charge on any atom is 0.269 e. The van der Waals surface area contributed by atoms with Crippen molar-refractivity contribution < 1.29 is 9.72 Å². The van der Waals surface area contributed by atoms with Crippen LogP contribution in [-0.2, 0) is 4.79 Å². The zero-order chi connectivity index (χ0) is 15.4. The van der Waals surface area contributed by atoms with Crippen molar-refractivity contribution in [3.8, 4) is 0 Å². The highest BCUT2D eigenvalue weighted by molar-refractivity contribution is 9.10. The summed E-state index contributed by atoms with van der Waals surface area (Å²) in [5.74, 6) is -0.709. The van der Waals surface area contributed by atoms with Gasteiger partial charge in [0.15, 0.2) is 0 Å². The van der Waals surface area contributed by atoms with Crippen molar-refractivity contribution in [1.29, 1.82) is 0 Å². The van der Waals surface area contributed by atoms with Crippen molar-refractivity contribution in [3.63, 3.8) is 0 Å². The number of non-ortho nitro benzene ring substituents is 1. The number of benzene rings is 2. The van der Waals surface area contributed by atoms with Crippen LogP contribution in [0.25, 0.3) is 0 Å². The third kappa shape index (κ3) is 3.66. The molecule has 1 N–H and O–H groups in total. The molecule has 0 aromatic heterocycles. The Morgan fingerprint density at radius 3 is 2.62 bits per heavy atom. The lowest BCUT2D eigenvalue weighted by atomic mass is 10.00. The Bertz CT molecular complexity index is 688. The highest BCUT2D eigenvalue weighted by Crippen LogP contribution is 2.25. The van der Waals surface area contributed by atoms with Gasteiger partial charge in [-0.1, -0.05) is 24.3 Å². The number of carbonyl (C=O) groups excluding carboxylic acids is 1. The molecule has 0 radical (unpaired) electrons. The molecule has 0 heterocycles. The molecule has 0 saturated heterocycles. The van der Waals surface area contributed by atoms with Crippen molar-refractivity contribution >= 4 is 33.2 Å². The number of anilines is 1. The van der Waals surface area contributed by atoms with Gasteiger partial charge >= 0.3 is 0 Å². The van der Waals surface area contributed by atoms with Crippen LogP contribution in [0.1, 0.15) is 18.4 Å². The Balaban J connectivity index is 2.18. The van der Waals surface area contributed by atoms with Gasteiger partial charge in [0, 0.05) is 16.6 Å². The van der Waals surface area contributed by atoms with Gasteiger partial charge in [-0.2, -0.15) is 0 Å². The van der Waals surface area contributed by atoms with Crippen molar-refractivity contribution in [2.45, 2.75) is 12.8 Å². The molecule has 1 atom stereocenters. The molecule has 2 aromatic rings. The maximum atomic E-state index is 12.2. The van der Waals surface area contributed by atoms with Gasteiger partial charge < -0.3 is 5.32 Å². The number of nitro benzene ring substituents is 1. The van der Waals surface area contributed by atoms with Crippen LogP contribution >= 0.6 is 15.9 Å². The summed E-state index contributed by atoms with van der Waals surface area (Å²) < 4.78 is 0.782. The normalized spacial score (nSPS) is 11.7. The van der Waals surface area contributed by atoms with E-state index in [1.165, 1.54) is 12.1 Å². The smallest absolute Gasteiger partial charge is 0.269 e. The van der Waals surface area contributed by atoms with Crippen LogP contribution in [0.3, 0.4) is 0 Å². The quantitative estimate of drug-likeness (QED) is 0.667. The number of nitrogens with one attached hydrogen (secondary N) is 1. The first-order valence-corrected chi connectivity index (χ1v) is 7.08. The molecular formula is C15H13BrN2O3. The van der Waals surface area contributed by atoms with Crippen LogP contribution in [0.4, 0.5) is 11.4 Å². The van der Waals surface area contributed by atoms with E-state index in [4.69, 9.17) is 0 Å². The minimum absolute atomic E-state index is 0.0203. The van der Waals surface area contributed by atoms with Crippen LogP contribution in [0.2, 0.25) is 0 Å². The molecule has 6 heteroatoms. The molecule has 0 saturated carbocycles. The number of amides is 1. The first-order chi connectivity index (χ1) is 9.99. The maximum absolute atomic E-state index is 12.2. The number of para-hydroxylation sites is 1. The molecule has 2 aromatic carbocycles. The summed E-state index contributed by atoms with van der Waals surface area (Å²) >= 11 is 3.36. The lowest BCUT2D eigenvalue weighted by molar-refractivity contribution is -0.384. The van der Waals surface area contributed by atoms with E-state index in [0.717, 1.165) is 4.47 Å². The number of hydrogen-bond donors (Lipinski definition) is 1. The van der Waals surface area contributed by atoms with E-state index < -0.39 is 10.8 Å². The van der Waals surface area contributed by atoms with Crippen molar-refractivity contribution in [2.75, 3.05) is 5.32 Å². The van der Waals surface area contributed by atoms with Crippen LogP contribution in [0.15, 0.2) is 53.0 Å². The second-order valence-corrected chi connectivity index (χ2v) is 5.40. The number of hydrogen-bond acceptors (Lipinski definition) is 3. The molecule has 0 aliphatic carbocycles. The van der Waals surface area contributed by atoms with Gasteiger partial charge in [-0.15, -0.1) is 0 Å². The van der Waals surface area contributed by atoms with E-state index in [2.05, 4.69) is 21.2 Å². The third-order valence-corrected chi connectivity index (χ3v) is 3.80. The molecule has 0 aliphatic heterocycles. The fourth-order valence-electron chi connectivity index (χ4n) is 1.86. The topological polar surface area (TPSA) is 72.2 Å². The number of nitrogens with zero attached hydrogens (tertiary/aromatic N) is 1. The molecule has 1 amide bonds. The molecule has 2 rings (SSSR count). The number of nitro groups is 1.